The summed E-state index contributed by atoms with van der Waals surface area (Å²) in [6.45, 7) is 0.858. The highest BCUT2D eigenvalue weighted by molar-refractivity contribution is 5.94. The molecule has 2 aromatic carbocycles. The Morgan fingerprint density at radius 1 is 1.00 bits per heavy atom. The molecule has 0 radical (unpaired) electrons. The number of benzene rings is 2. The Kier molecular flexibility index (Phi) is 6.36. The summed E-state index contributed by atoms with van der Waals surface area (Å²) in [6.07, 6.45) is -0.266. The van der Waals surface area contributed by atoms with Gasteiger partial charge in [0.2, 0.25) is 11.8 Å². The van der Waals surface area contributed by atoms with Crippen LogP contribution in [0.2, 0.25) is 0 Å². The van der Waals surface area contributed by atoms with Crippen molar-refractivity contribution < 1.29 is 22.8 Å². The molecule has 0 aliphatic carbocycles. The van der Waals surface area contributed by atoms with E-state index < -0.39 is 11.7 Å². The van der Waals surface area contributed by atoms with Crippen molar-refractivity contribution in [2.24, 2.45) is 5.92 Å². The predicted molar refractivity (Wildman–Crippen MR) is 105 cm³/mol. The number of rotatable bonds is 4. The van der Waals surface area contributed by atoms with E-state index in [0.29, 0.717) is 25.9 Å². The van der Waals surface area contributed by atoms with Crippen LogP contribution in [-0.4, -0.2) is 29.8 Å². The van der Waals surface area contributed by atoms with E-state index in [4.69, 9.17) is 0 Å². The largest absolute Gasteiger partial charge is 0.416 e. The third-order valence-electron chi connectivity index (χ3n) is 4.85. The second-order valence-electron chi connectivity index (χ2n) is 6.91. The normalized spacial score (nSPS) is 15.5. The van der Waals surface area contributed by atoms with E-state index in [1.807, 2.05) is 30.3 Å². The number of nitrogens with one attached hydrogen (secondary N) is 1. The fraction of sp³-hybridized carbons (Fsp3) is 0.273. The van der Waals surface area contributed by atoms with Crippen LogP contribution in [0.25, 0.3) is 6.08 Å². The average molecular weight is 402 g/mol. The van der Waals surface area contributed by atoms with Gasteiger partial charge in [0.05, 0.1) is 5.56 Å². The number of carbonyl (C=O) groups is 2. The summed E-state index contributed by atoms with van der Waals surface area (Å²) >= 11 is 0. The first-order valence-electron chi connectivity index (χ1n) is 9.33. The minimum atomic E-state index is -4.46. The Labute approximate surface area is 167 Å². The molecule has 7 heteroatoms. The molecule has 2 amide bonds. The minimum absolute atomic E-state index is 0.120. The van der Waals surface area contributed by atoms with E-state index in [1.165, 1.54) is 18.2 Å². The van der Waals surface area contributed by atoms with E-state index in [-0.39, 0.29) is 23.4 Å². The molecule has 0 saturated carbocycles. The van der Waals surface area contributed by atoms with Crippen LogP contribution in [-0.2, 0) is 15.8 Å². The lowest BCUT2D eigenvalue weighted by molar-refractivity contribution is -0.137. The van der Waals surface area contributed by atoms with Crippen LogP contribution in [0.1, 0.15) is 24.0 Å². The maximum absolute atomic E-state index is 12.8. The van der Waals surface area contributed by atoms with Crippen LogP contribution >= 0.6 is 0 Å². The highest BCUT2D eigenvalue weighted by atomic mass is 19.4. The first-order chi connectivity index (χ1) is 13.8. The van der Waals surface area contributed by atoms with Gasteiger partial charge < -0.3 is 10.2 Å². The van der Waals surface area contributed by atoms with Crippen molar-refractivity contribution in [2.45, 2.75) is 19.0 Å². The zero-order chi connectivity index (χ0) is 20.9. The van der Waals surface area contributed by atoms with Crippen LogP contribution in [0.3, 0.4) is 0 Å². The number of anilines is 1. The lowest BCUT2D eigenvalue weighted by Gasteiger charge is -2.30. The zero-order valence-corrected chi connectivity index (χ0v) is 15.7. The van der Waals surface area contributed by atoms with Crippen molar-refractivity contribution in [3.05, 3.63) is 71.8 Å². The van der Waals surface area contributed by atoms with Gasteiger partial charge in [-0.05, 0) is 42.7 Å². The Bertz CT molecular complexity index is 886. The number of piperidine rings is 1. The number of carbonyl (C=O) groups excluding carboxylic acids is 2. The molecule has 152 valence electrons. The summed E-state index contributed by atoms with van der Waals surface area (Å²) in [7, 11) is 0. The number of hydrogen-bond donors (Lipinski definition) is 1. The molecule has 4 nitrogen and oxygen atoms in total. The highest BCUT2D eigenvalue weighted by Crippen LogP contribution is 2.31. The van der Waals surface area contributed by atoms with E-state index in [0.717, 1.165) is 17.7 Å². The van der Waals surface area contributed by atoms with Gasteiger partial charge in [-0.1, -0.05) is 36.4 Å². The molecule has 0 bridgehead atoms. The summed E-state index contributed by atoms with van der Waals surface area (Å²) in [4.78, 5) is 26.4. The number of hydrogen-bond acceptors (Lipinski definition) is 2. The second-order valence-corrected chi connectivity index (χ2v) is 6.91. The van der Waals surface area contributed by atoms with E-state index in [9.17, 15) is 22.8 Å². The number of halogens is 3. The molecule has 0 atom stereocenters. The molecule has 1 aliphatic rings. The molecule has 1 fully saturated rings. The van der Waals surface area contributed by atoms with E-state index >= 15 is 0 Å². The van der Waals surface area contributed by atoms with Crippen LogP contribution in [0.15, 0.2) is 60.7 Å². The monoisotopic (exact) mass is 402 g/mol. The van der Waals surface area contributed by atoms with Gasteiger partial charge in [-0.2, -0.15) is 13.2 Å². The van der Waals surface area contributed by atoms with Crippen LogP contribution < -0.4 is 5.32 Å². The third-order valence-corrected chi connectivity index (χ3v) is 4.85. The number of alkyl halides is 3. The van der Waals surface area contributed by atoms with Crippen molar-refractivity contribution in [1.82, 2.24) is 4.90 Å². The van der Waals surface area contributed by atoms with Crippen LogP contribution in [0, 0.1) is 5.92 Å². The summed E-state index contributed by atoms with van der Waals surface area (Å²) in [6, 6.07) is 14.0. The van der Waals surface area contributed by atoms with Crippen molar-refractivity contribution in [2.75, 3.05) is 18.4 Å². The topological polar surface area (TPSA) is 49.4 Å². The lowest BCUT2D eigenvalue weighted by Crippen LogP contribution is -2.40. The van der Waals surface area contributed by atoms with Gasteiger partial charge >= 0.3 is 6.18 Å². The third kappa shape index (κ3) is 5.70. The Hall–Kier alpha value is -3.09. The predicted octanol–water partition coefficient (Wildman–Crippen LogP) is 4.60. The standard InChI is InChI=1S/C22H21F3N2O2/c23-22(24,25)18-7-4-8-19(15-18)26-21(29)17-11-13-27(14-12-17)20(28)10-9-16-5-2-1-3-6-16/h1-10,15,17H,11-14H2,(H,26,29)/b10-9-. The fourth-order valence-electron chi connectivity index (χ4n) is 3.22. The second kappa shape index (κ2) is 8.94. The van der Waals surface area contributed by atoms with Gasteiger partial charge in [-0.15, -0.1) is 0 Å². The number of amides is 2. The molecule has 0 unspecified atom stereocenters. The average Bonchev–Trinajstić information content (AvgIpc) is 2.72. The summed E-state index contributed by atoms with van der Waals surface area (Å²) in [5.74, 6) is -0.784. The molecular formula is C22H21F3N2O2. The Morgan fingerprint density at radius 2 is 1.69 bits per heavy atom. The van der Waals surface area contributed by atoms with Crippen LogP contribution in [0.4, 0.5) is 18.9 Å². The molecule has 3 rings (SSSR count). The Morgan fingerprint density at radius 3 is 2.34 bits per heavy atom. The van der Waals surface area contributed by atoms with Gasteiger partial charge in [0, 0.05) is 30.8 Å². The van der Waals surface area contributed by atoms with E-state index in [2.05, 4.69) is 5.32 Å². The maximum Gasteiger partial charge on any atom is 0.416 e. The molecule has 1 saturated heterocycles. The van der Waals surface area contributed by atoms with Crippen molar-refractivity contribution in [3.8, 4) is 0 Å². The lowest BCUT2D eigenvalue weighted by atomic mass is 9.95. The minimum Gasteiger partial charge on any atom is -0.339 e. The van der Waals surface area contributed by atoms with Gasteiger partial charge in [0.1, 0.15) is 0 Å². The van der Waals surface area contributed by atoms with Gasteiger partial charge in [0.25, 0.3) is 0 Å². The van der Waals surface area contributed by atoms with Gasteiger partial charge in [0.15, 0.2) is 0 Å². The maximum atomic E-state index is 12.8. The zero-order valence-electron chi connectivity index (χ0n) is 15.7. The summed E-state index contributed by atoms with van der Waals surface area (Å²) in [5.41, 5.74) is 0.242. The quantitative estimate of drug-likeness (QED) is 0.760. The molecule has 0 spiro atoms. The molecule has 0 aromatic heterocycles. The molecule has 2 aromatic rings. The van der Waals surface area contributed by atoms with Gasteiger partial charge in [-0.25, -0.2) is 0 Å². The van der Waals surface area contributed by atoms with E-state index in [1.54, 1.807) is 11.0 Å². The SMILES string of the molecule is O=C(Nc1cccc(C(F)(F)F)c1)C1CCN(C(=O)/C=C\c2ccccc2)CC1. The number of likely N-dealkylation sites (tertiary alicyclic amines) is 1. The van der Waals surface area contributed by atoms with Crippen molar-refractivity contribution in [1.29, 1.82) is 0 Å². The first-order valence-corrected chi connectivity index (χ1v) is 9.33. The molecule has 29 heavy (non-hydrogen) atoms. The Balaban J connectivity index is 1.52. The smallest absolute Gasteiger partial charge is 0.339 e. The van der Waals surface area contributed by atoms with Crippen molar-refractivity contribution >= 4 is 23.6 Å². The molecule has 1 aliphatic heterocycles. The molecular weight excluding hydrogens is 381 g/mol. The summed E-state index contributed by atoms with van der Waals surface area (Å²) in [5, 5.41) is 2.56. The van der Waals surface area contributed by atoms with Crippen LogP contribution in [0.5, 0.6) is 0 Å². The van der Waals surface area contributed by atoms with Crippen molar-refractivity contribution in [3.63, 3.8) is 0 Å². The summed E-state index contributed by atoms with van der Waals surface area (Å²) < 4.78 is 38.4. The highest BCUT2D eigenvalue weighted by Gasteiger charge is 2.31. The fourth-order valence-corrected chi connectivity index (χ4v) is 3.22. The van der Waals surface area contributed by atoms with Gasteiger partial charge in [-0.3, -0.25) is 9.59 Å². The first kappa shape index (κ1) is 20.6. The molecule has 1 heterocycles. The number of nitrogens with zero attached hydrogens (tertiary/aromatic N) is 1. The molecule has 1 N–H and O–H groups in total.